The highest BCUT2D eigenvalue weighted by molar-refractivity contribution is 7.15. The Balaban J connectivity index is 1.49. The molecule has 3 heterocycles. The third kappa shape index (κ3) is 4.15. The predicted molar refractivity (Wildman–Crippen MR) is 121 cm³/mol. The zero-order chi connectivity index (χ0) is 23.3. The lowest BCUT2D eigenvalue weighted by Gasteiger charge is -2.07. The van der Waals surface area contributed by atoms with Gasteiger partial charge in [0.15, 0.2) is 5.82 Å². The summed E-state index contributed by atoms with van der Waals surface area (Å²) in [4.78, 5) is 17.5. The first-order valence-corrected chi connectivity index (χ1v) is 10.9. The van der Waals surface area contributed by atoms with Gasteiger partial charge < -0.3 is 4.42 Å². The molecule has 0 radical (unpaired) electrons. The average Bonchev–Trinajstić information content (AvgIpc) is 3.45. The number of fused-ring (bicyclic) bond motifs is 1. The van der Waals surface area contributed by atoms with Gasteiger partial charge in [0.1, 0.15) is 16.1 Å². The van der Waals surface area contributed by atoms with Crippen LogP contribution in [0.3, 0.4) is 0 Å². The first-order chi connectivity index (χ1) is 15.7. The summed E-state index contributed by atoms with van der Waals surface area (Å²) in [6.45, 7) is 0. The normalized spacial score (nSPS) is 12.7. The molecule has 3 aromatic heterocycles. The summed E-state index contributed by atoms with van der Waals surface area (Å²) >= 11 is 13.2. The van der Waals surface area contributed by atoms with Crippen molar-refractivity contribution >= 4 is 45.6 Å². The van der Waals surface area contributed by atoms with Gasteiger partial charge in [0.2, 0.25) is 4.96 Å². The number of benzene rings is 2. The lowest BCUT2D eigenvalue weighted by atomic mass is 10.1. The summed E-state index contributed by atoms with van der Waals surface area (Å²) in [5.41, 5.74) is -0.362. The molecule has 5 rings (SSSR count). The molecular weight excluding hydrogens is 498 g/mol. The van der Waals surface area contributed by atoms with Gasteiger partial charge in [-0.2, -0.15) is 22.7 Å². The second-order valence-electron chi connectivity index (χ2n) is 6.95. The second-order valence-corrected chi connectivity index (χ2v) is 8.80. The maximum Gasteiger partial charge on any atom is 0.416 e. The van der Waals surface area contributed by atoms with Crippen LogP contribution in [-0.2, 0) is 6.18 Å². The van der Waals surface area contributed by atoms with E-state index in [0.29, 0.717) is 30.9 Å². The molecular formula is C22H10Cl2F3N3O2S. The monoisotopic (exact) mass is 507 g/mol. The minimum atomic E-state index is -4.46. The van der Waals surface area contributed by atoms with Crippen LogP contribution in [0.5, 0.6) is 0 Å². The van der Waals surface area contributed by atoms with Crippen LogP contribution in [-0.4, -0.2) is 14.6 Å². The first-order valence-electron chi connectivity index (χ1n) is 9.33. The van der Waals surface area contributed by atoms with Crippen molar-refractivity contribution in [2.45, 2.75) is 6.18 Å². The summed E-state index contributed by atoms with van der Waals surface area (Å²) in [6, 6.07) is 12.8. The fraction of sp³-hybridized carbons (Fsp3) is 0.0455. The van der Waals surface area contributed by atoms with Crippen molar-refractivity contribution in [3.05, 3.63) is 90.9 Å². The molecule has 0 aliphatic rings. The van der Waals surface area contributed by atoms with E-state index in [1.54, 1.807) is 30.3 Å². The fourth-order valence-corrected chi connectivity index (χ4v) is 4.56. The van der Waals surface area contributed by atoms with Gasteiger partial charge in [0.05, 0.1) is 10.6 Å². The smallest absolute Gasteiger partial charge is 0.416 e. The van der Waals surface area contributed by atoms with Gasteiger partial charge in [-0.05, 0) is 42.5 Å². The van der Waals surface area contributed by atoms with Gasteiger partial charge in [-0.3, -0.25) is 4.79 Å². The minimum absolute atomic E-state index is 0.249. The van der Waals surface area contributed by atoms with Crippen molar-refractivity contribution < 1.29 is 17.6 Å². The van der Waals surface area contributed by atoms with Crippen LogP contribution in [0.1, 0.15) is 11.3 Å². The average molecular weight is 508 g/mol. The molecule has 5 aromatic rings. The van der Waals surface area contributed by atoms with Gasteiger partial charge in [0.25, 0.3) is 5.56 Å². The summed E-state index contributed by atoms with van der Waals surface area (Å²) in [5, 5.41) is 5.07. The molecule has 0 aliphatic carbocycles. The number of rotatable bonds is 3. The fourth-order valence-electron chi connectivity index (χ4n) is 3.18. The Bertz CT molecular complexity index is 1620. The molecule has 0 spiro atoms. The van der Waals surface area contributed by atoms with E-state index in [2.05, 4.69) is 10.1 Å². The van der Waals surface area contributed by atoms with Crippen LogP contribution in [0, 0.1) is 0 Å². The Morgan fingerprint density at radius 1 is 1.06 bits per heavy atom. The molecule has 0 saturated carbocycles. The van der Waals surface area contributed by atoms with Gasteiger partial charge in [0, 0.05) is 22.2 Å². The predicted octanol–water partition coefficient (Wildman–Crippen LogP) is 5.95. The number of alkyl halides is 3. The number of aromatic nitrogens is 3. The van der Waals surface area contributed by atoms with Crippen LogP contribution >= 0.6 is 34.5 Å². The molecule has 2 aromatic carbocycles. The van der Waals surface area contributed by atoms with E-state index in [1.165, 1.54) is 18.2 Å². The standard InChI is InChI=1S/C22H10Cl2F3N3O2S/c23-13-4-6-15(16(24)9-13)19-28-21-30(29-19)20(31)18(33-21)10-14-5-7-17(32-14)11-2-1-3-12(8-11)22(25,26)27/h1-10H/b18-10-. The zero-order valence-corrected chi connectivity index (χ0v) is 18.6. The third-order valence-electron chi connectivity index (χ3n) is 4.73. The number of thiazole rings is 1. The summed E-state index contributed by atoms with van der Waals surface area (Å²) in [5.74, 6) is 0.848. The van der Waals surface area contributed by atoms with Crippen molar-refractivity contribution in [1.82, 2.24) is 14.6 Å². The Hall–Kier alpha value is -3.14. The molecule has 0 unspecified atom stereocenters. The Morgan fingerprint density at radius 2 is 1.88 bits per heavy atom. The van der Waals surface area contributed by atoms with Crippen molar-refractivity contribution in [2.24, 2.45) is 0 Å². The lowest BCUT2D eigenvalue weighted by molar-refractivity contribution is -0.137. The molecule has 0 aliphatic heterocycles. The third-order valence-corrected chi connectivity index (χ3v) is 6.24. The highest BCUT2D eigenvalue weighted by Crippen LogP contribution is 2.33. The van der Waals surface area contributed by atoms with Crippen LogP contribution < -0.4 is 10.1 Å². The molecule has 0 bridgehead atoms. The van der Waals surface area contributed by atoms with E-state index in [4.69, 9.17) is 27.6 Å². The quantitative estimate of drug-likeness (QED) is 0.302. The first kappa shape index (κ1) is 21.7. The Morgan fingerprint density at radius 3 is 2.61 bits per heavy atom. The number of halogens is 5. The van der Waals surface area contributed by atoms with Crippen LogP contribution in [0.4, 0.5) is 13.2 Å². The van der Waals surface area contributed by atoms with Gasteiger partial charge >= 0.3 is 6.18 Å². The lowest BCUT2D eigenvalue weighted by Crippen LogP contribution is -2.23. The van der Waals surface area contributed by atoms with Crippen LogP contribution in [0.25, 0.3) is 33.7 Å². The van der Waals surface area contributed by atoms with Crippen molar-refractivity contribution in [3.63, 3.8) is 0 Å². The topological polar surface area (TPSA) is 60.4 Å². The Kier molecular flexibility index (Phi) is 5.27. The van der Waals surface area contributed by atoms with Gasteiger partial charge in [-0.1, -0.05) is 46.7 Å². The zero-order valence-electron chi connectivity index (χ0n) is 16.2. The maximum atomic E-state index is 13.0. The van der Waals surface area contributed by atoms with E-state index >= 15 is 0 Å². The molecule has 166 valence electrons. The minimum Gasteiger partial charge on any atom is -0.457 e. The molecule has 0 saturated heterocycles. The van der Waals surface area contributed by atoms with E-state index < -0.39 is 17.3 Å². The number of furan rings is 1. The number of nitrogens with zero attached hydrogens (tertiary/aromatic N) is 3. The van der Waals surface area contributed by atoms with E-state index in [-0.39, 0.29) is 17.1 Å². The summed E-state index contributed by atoms with van der Waals surface area (Å²) in [7, 11) is 0. The van der Waals surface area contributed by atoms with Crippen molar-refractivity contribution in [1.29, 1.82) is 0 Å². The van der Waals surface area contributed by atoms with Crippen molar-refractivity contribution in [3.8, 4) is 22.7 Å². The summed E-state index contributed by atoms with van der Waals surface area (Å²) in [6.07, 6.45) is -2.96. The van der Waals surface area contributed by atoms with Crippen LogP contribution in [0.15, 0.2) is 63.8 Å². The molecule has 11 heteroatoms. The molecule has 5 nitrogen and oxygen atoms in total. The molecule has 0 N–H and O–H groups in total. The molecule has 0 fully saturated rings. The van der Waals surface area contributed by atoms with Crippen molar-refractivity contribution in [2.75, 3.05) is 0 Å². The Labute approximate surface area is 197 Å². The van der Waals surface area contributed by atoms with Gasteiger partial charge in [-0.25, -0.2) is 0 Å². The largest absolute Gasteiger partial charge is 0.457 e. The highest BCUT2D eigenvalue weighted by atomic mass is 35.5. The molecule has 0 amide bonds. The molecule has 0 atom stereocenters. The molecule has 33 heavy (non-hydrogen) atoms. The summed E-state index contributed by atoms with van der Waals surface area (Å²) < 4.78 is 46.0. The van der Waals surface area contributed by atoms with Crippen LogP contribution in [0.2, 0.25) is 10.0 Å². The van der Waals surface area contributed by atoms with E-state index in [0.717, 1.165) is 28.0 Å². The number of hydrogen-bond donors (Lipinski definition) is 0. The van der Waals surface area contributed by atoms with E-state index in [9.17, 15) is 18.0 Å². The van der Waals surface area contributed by atoms with E-state index in [1.807, 2.05) is 0 Å². The highest BCUT2D eigenvalue weighted by Gasteiger charge is 2.30. The SMILES string of the molecule is O=c1/c(=C/c2ccc(-c3cccc(C(F)(F)F)c3)o2)sc2nc(-c3ccc(Cl)cc3Cl)nn12. The van der Waals surface area contributed by atoms with Gasteiger partial charge in [-0.15, -0.1) is 5.10 Å². The number of hydrogen-bond acceptors (Lipinski definition) is 5. The maximum absolute atomic E-state index is 13.0. The second kappa shape index (κ2) is 8.02.